The molecular weight excluding hydrogens is 380 g/mol. The first-order valence-corrected chi connectivity index (χ1v) is 8.93. The Labute approximate surface area is 160 Å². The zero-order valence-corrected chi connectivity index (χ0v) is 15.7. The minimum Gasteiger partial charge on any atom is -0.465 e. The smallest absolute Gasteiger partial charge is 0.407 e. The Morgan fingerprint density at radius 2 is 2.15 bits per heavy atom. The van der Waals surface area contributed by atoms with Gasteiger partial charge in [-0.15, -0.1) is 0 Å². The molecule has 0 spiro atoms. The van der Waals surface area contributed by atoms with E-state index in [-0.39, 0.29) is 6.54 Å². The van der Waals surface area contributed by atoms with Crippen molar-refractivity contribution in [3.8, 4) is 0 Å². The predicted molar refractivity (Wildman–Crippen MR) is 99.4 cm³/mol. The van der Waals surface area contributed by atoms with E-state index in [0.29, 0.717) is 28.6 Å². The van der Waals surface area contributed by atoms with Gasteiger partial charge >= 0.3 is 6.09 Å². The molecule has 0 fully saturated rings. The van der Waals surface area contributed by atoms with E-state index < -0.39 is 11.9 Å². The maximum absolute atomic E-state index is 14.8. The number of allylic oxidation sites excluding steroid dienone is 1. The van der Waals surface area contributed by atoms with E-state index in [1.807, 2.05) is 6.07 Å². The third-order valence-corrected chi connectivity index (χ3v) is 5.03. The lowest BCUT2D eigenvalue weighted by Gasteiger charge is -2.21. The van der Waals surface area contributed by atoms with Crippen molar-refractivity contribution in [3.63, 3.8) is 0 Å². The molecule has 0 unspecified atom stereocenters. The van der Waals surface area contributed by atoms with Gasteiger partial charge in [0.2, 0.25) is 0 Å². The first-order valence-electron chi connectivity index (χ1n) is 8.17. The van der Waals surface area contributed by atoms with Crippen molar-refractivity contribution in [2.24, 2.45) is 0 Å². The minimum absolute atomic E-state index is 0.281. The van der Waals surface area contributed by atoms with Crippen molar-refractivity contribution in [3.05, 3.63) is 57.1 Å². The number of hydrogen-bond acceptors (Lipinski definition) is 2. The third-order valence-electron chi connectivity index (χ3n) is 4.44. The molecule has 1 heterocycles. The summed E-state index contributed by atoms with van der Waals surface area (Å²) in [5.41, 5.74) is 3.03. The fourth-order valence-electron chi connectivity index (χ4n) is 3.10. The van der Waals surface area contributed by atoms with Crippen molar-refractivity contribution >= 4 is 34.9 Å². The van der Waals surface area contributed by atoms with Gasteiger partial charge in [0.15, 0.2) is 0 Å². The van der Waals surface area contributed by atoms with Crippen LogP contribution in [-0.4, -0.2) is 39.5 Å². The number of nitrogens with zero attached hydrogens (tertiary/aromatic N) is 3. The number of aromatic nitrogens is 2. The molecule has 1 aliphatic rings. The summed E-state index contributed by atoms with van der Waals surface area (Å²) in [5, 5.41) is 14.4. The van der Waals surface area contributed by atoms with Gasteiger partial charge in [-0.2, -0.15) is 5.10 Å². The molecule has 0 saturated carbocycles. The molecular formula is C18H18Cl2FN3O2. The van der Waals surface area contributed by atoms with Gasteiger partial charge in [-0.25, -0.2) is 9.18 Å². The van der Waals surface area contributed by atoms with Crippen molar-refractivity contribution in [1.82, 2.24) is 14.7 Å². The van der Waals surface area contributed by atoms with Crippen LogP contribution >= 0.6 is 23.2 Å². The number of likely N-dealkylation sites (N-methyl/N-ethyl adjacent to an activating group) is 1. The summed E-state index contributed by atoms with van der Waals surface area (Å²) in [5.74, 6) is -0.445. The van der Waals surface area contributed by atoms with E-state index in [9.17, 15) is 9.18 Å². The number of carbonyl (C=O) groups is 1. The first kappa shape index (κ1) is 18.7. The predicted octanol–water partition coefficient (Wildman–Crippen LogP) is 4.86. The highest BCUT2D eigenvalue weighted by molar-refractivity contribution is 6.35. The maximum Gasteiger partial charge on any atom is 0.407 e. The highest BCUT2D eigenvalue weighted by Gasteiger charge is 2.24. The van der Waals surface area contributed by atoms with Crippen molar-refractivity contribution in [2.45, 2.75) is 25.8 Å². The molecule has 2 aromatic rings. The number of carboxylic acid groups (broad SMARTS) is 1. The van der Waals surface area contributed by atoms with Crippen LogP contribution in [0.1, 0.15) is 29.7 Å². The zero-order valence-electron chi connectivity index (χ0n) is 14.2. The number of aryl methyl sites for hydroxylation is 1. The number of halogens is 3. The van der Waals surface area contributed by atoms with Crippen LogP contribution in [0, 0.1) is 0 Å². The highest BCUT2D eigenvalue weighted by atomic mass is 35.5. The molecule has 0 atom stereocenters. The quantitative estimate of drug-likeness (QED) is 0.800. The third kappa shape index (κ3) is 3.86. The van der Waals surface area contributed by atoms with Gasteiger partial charge in [-0.3, -0.25) is 4.68 Å². The summed E-state index contributed by atoms with van der Waals surface area (Å²) in [4.78, 5) is 11.9. The van der Waals surface area contributed by atoms with Crippen LogP contribution < -0.4 is 0 Å². The van der Waals surface area contributed by atoms with E-state index in [1.165, 1.54) is 7.05 Å². The minimum atomic E-state index is -1.17. The summed E-state index contributed by atoms with van der Waals surface area (Å²) in [6, 6.07) is 5.23. The van der Waals surface area contributed by atoms with Gasteiger partial charge in [0, 0.05) is 22.7 Å². The van der Waals surface area contributed by atoms with Gasteiger partial charge in [-0.1, -0.05) is 29.3 Å². The van der Waals surface area contributed by atoms with Crippen LogP contribution in [0.15, 0.2) is 30.2 Å². The number of fused-ring (bicyclic) bond motifs is 1. The van der Waals surface area contributed by atoms with Crippen LogP contribution in [0.5, 0.6) is 0 Å². The summed E-state index contributed by atoms with van der Waals surface area (Å²) in [7, 11) is 1.34. The molecule has 1 aliphatic carbocycles. The molecule has 1 N–H and O–H groups in total. The SMILES string of the molecule is CN(CC(F)=C1CCCc2cnn(Cc3ccc(Cl)cc3Cl)c21)C(=O)O. The van der Waals surface area contributed by atoms with Crippen LogP contribution in [0.2, 0.25) is 10.0 Å². The lowest BCUT2D eigenvalue weighted by atomic mass is 9.92. The lowest BCUT2D eigenvalue weighted by molar-refractivity contribution is 0.157. The van der Waals surface area contributed by atoms with Crippen molar-refractivity contribution in [2.75, 3.05) is 13.6 Å². The van der Waals surface area contributed by atoms with Gasteiger partial charge in [0.1, 0.15) is 5.83 Å². The topological polar surface area (TPSA) is 58.4 Å². The standard InChI is InChI=1S/C18H18Cl2FN3O2/c1-23(18(25)26)10-16(21)14-4-2-3-11-8-22-24(17(11)14)9-12-5-6-13(19)7-15(12)20/h5-8H,2-4,9-10H2,1H3,(H,25,26). The van der Waals surface area contributed by atoms with Crippen LogP contribution in [0.4, 0.5) is 9.18 Å². The van der Waals surface area contributed by atoms with Crippen molar-refractivity contribution in [1.29, 1.82) is 0 Å². The highest BCUT2D eigenvalue weighted by Crippen LogP contribution is 2.34. The molecule has 1 aromatic carbocycles. The normalized spacial score (nSPS) is 15.5. The molecule has 1 aromatic heterocycles. The van der Waals surface area contributed by atoms with Crippen molar-refractivity contribution < 1.29 is 14.3 Å². The molecule has 8 heteroatoms. The Morgan fingerprint density at radius 1 is 1.38 bits per heavy atom. The summed E-state index contributed by atoms with van der Waals surface area (Å²) in [6.45, 7) is 0.105. The molecule has 0 aliphatic heterocycles. The Balaban J connectivity index is 1.96. The van der Waals surface area contributed by atoms with Crippen LogP contribution in [-0.2, 0) is 13.0 Å². The second-order valence-corrected chi connectivity index (χ2v) is 7.13. The van der Waals surface area contributed by atoms with Crippen LogP contribution in [0.25, 0.3) is 5.57 Å². The monoisotopic (exact) mass is 397 g/mol. The first-order chi connectivity index (χ1) is 12.4. The average molecular weight is 398 g/mol. The van der Waals surface area contributed by atoms with Gasteiger partial charge in [0.05, 0.1) is 25.0 Å². The molecule has 26 heavy (non-hydrogen) atoms. The molecule has 138 valence electrons. The summed E-state index contributed by atoms with van der Waals surface area (Å²) in [6.07, 6.45) is 2.74. The summed E-state index contributed by atoms with van der Waals surface area (Å²) < 4.78 is 16.5. The van der Waals surface area contributed by atoms with E-state index in [4.69, 9.17) is 28.3 Å². The average Bonchev–Trinajstić information content (AvgIpc) is 3.00. The lowest BCUT2D eigenvalue weighted by Crippen LogP contribution is -2.26. The number of amides is 1. The van der Waals surface area contributed by atoms with Gasteiger partial charge in [0.25, 0.3) is 0 Å². The van der Waals surface area contributed by atoms with Gasteiger partial charge in [-0.05, 0) is 42.5 Å². The molecule has 3 rings (SSSR count). The zero-order chi connectivity index (χ0) is 18.8. The Hall–Kier alpha value is -2.05. The molecule has 5 nitrogen and oxygen atoms in total. The maximum atomic E-state index is 14.8. The van der Waals surface area contributed by atoms with E-state index in [1.54, 1.807) is 23.0 Å². The van der Waals surface area contributed by atoms with Crippen LogP contribution in [0.3, 0.4) is 0 Å². The van der Waals surface area contributed by atoms with Gasteiger partial charge < -0.3 is 10.0 Å². The molecule has 0 bridgehead atoms. The fourth-order valence-corrected chi connectivity index (χ4v) is 3.57. The second-order valence-electron chi connectivity index (χ2n) is 6.29. The molecule has 1 amide bonds. The van der Waals surface area contributed by atoms with E-state index in [2.05, 4.69) is 5.10 Å². The van der Waals surface area contributed by atoms with E-state index >= 15 is 0 Å². The fraction of sp³-hybridized carbons (Fsp3) is 0.333. The van der Waals surface area contributed by atoms with E-state index in [0.717, 1.165) is 34.6 Å². The number of rotatable bonds is 4. The Morgan fingerprint density at radius 3 is 2.85 bits per heavy atom. The molecule has 0 radical (unpaired) electrons. The second kappa shape index (κ2) is 7.68. The number of benzene rings is 1. The largest absolute Gasteiger partial charge is 0.465 e. The number of hydrogen-bond donors (Lipinski definition) is 1. The Kier molecular flexibility index (Phi) is 5.53. The summed E-state index contributed by atoms with van der Waals surface area (Å²) >= 11 is 12.2. The Bertz CT molecular complexity index is 879. The molecule has 0 saturated heterocycles.